The number of carbonyl (C=O) groups excluding carboxylic acids is 1. The third-order valence-corrected chi connectivity index (χ3v) is 4.06. The number of hydrogen-bond donors (Lipinski definition) is 1. The van der Waals surface area contributed by atoms with Crippen molar-refractivity contribution < 1.29 is 14.3 Å². The van der Waals surface area contributed by atoms with Crippen LogP contribution in [0.1, 0.15) is 25.3 Å². The molecule has 1 amide bonds. The maximum absolute atomic E-state index is 12.9. The quantitative estimate of drug-likeness (QED) is 0.897. The fraction of sp³-hybridized carbons (Fsp3) is 0.562. The van der Waals surface area contributed by atoms with Crippen LogP contribution in [0.15, 0.2) is 24.3 Å². The number of benzene rings is 1. The van der Waals surface area contributed by atoms with E-state index in [1.54, 1.807) is 17.0 Å². The monoisotopic (exact) mass is 294 g/mol. The summed E-state index contributed by atoms with van der Waals surface area (Å²) in [6.07, 6.45) is 1.27. The van der Waals surface area contributed by atoms with Gasteiger partial charge in [0.15, 0.2) is 5.60 Å². The van der Waals surface area contributed by atoms with E-state index < -0.39 is 5.60 Å². The molecule has 2 rings (SSSR count). The van der Waals surface area contributed by atoms with Gasteiger partial charge < -0.3 is 14.9 Å². The Bertz CT molecular complexity index is 492. The van der Waals surface area contributed by atoms with Gasteiger partial charge in [-0.15, -0.1) is 0 Å². The van der Waals surface area contributed by atoms with E-state index in [1.165, 1.54) is 12.1 Å². The molecule has 1 heterocycles. The van der Waals surface area contributed by atoms with Gasteiger partial charge in [0.1, 0.15) is 5.82 Å². The van der Waals surface area contributed by atoms with Gasteiger partial charge in [-0.05, 0) is 44.1 Å². The van der Waals surface area contributed by atoms with Gasteiger partial charge >= 0.3 is 0 Å². The molecule has 1 aromatic carbocycles. The van der Waals surface area contributed by atoms with Crippen LogP contribution in [0.2, 0.25) is 0 Å². The first-order valence-electron chi connectivity index (χ1n) is 7.39. The lowest BCUT2D eigenvalue weighted by Gasteiger charge is -2.40. The van der Waals surface area contributed by atoms with Crippen LogP contribution in [0.25, 0.3) is 0 Å². The first kappa shape index (κ1) is 15.9. The molecule has 1 aliphatic rings. The zero-order chi connectivity index (χ0) is 15.5. The molecule has 0 aromatic heterocycles. The van der Waals surface area contributed by atoms with Gasteiger partial charge in [-0.25, -0.2) is 4.39 Å². The van der Waals surface area contributed by atoms with Crippen LogP contribution in [-0.4, -0.2) is 53.1 Å². The van der Waals surface area contributed by atoms with Gasteiger partial charge in [-0.2, -0.15) is 0 Å². The minimum atomic E-state index is -1.30. The lowest BCUT2D eigenvalue weighted by molar-refractivity contribution is -0.159. The summed E-state index contributed by atoms with van der Waals surface area (Å²) >= 11 is 0. The fourth-order valence-corrected chi connectivity index (χ4v) is 2.73. The number of likely N-dealkylation sites (tertiary alicyclic amines) is 1. The van der Waals surface area contributed by atoms with Crippen molar-refractivity contribution in [3.63, 3.8) is 0 Å². The van der Waals surface area contributed by atoms with Crippen LogP contribution in [0.4, 0.5) is 4.39 Å². The Kier molecular flexibility index (Phi) is 4.96. The van der Waals surface area contributed by atoms with Gasteiger partial charge in [0.25, 0.3) is 5.91 Å². The molecule has 1 aromatic rings. The van der Waals surface area contributed by atoms with Crippen molar-refractivity contribution in [2.45, 2.75) is 31.9 Å². The Hall–Kier alpha value is -1.46. The van der Waals surface area contributed by atoms with E-state index in [9.17, 15) is 14.3 Å². The SMILES string of the molecule is CCN(C)CC1(O)CCCN(Cc2ccc(F)cc2)C1=O. The molecule has 1 unspecified atom stereocenters. The Labute approximate surface area is 125 Å². The van der Waals surface area contributed by atoms with Gasteiger partial charge in [-0.3, -0.25) is 4.79 Å². The molecule has 5 heteroatoms. The topological polar surface area (TPSA) is 43.8 Å². The van der Waals surface area contributed by atoms with Crippen molar-refractivity contribution in [3.8, 4) is 0 Å². The summed E-state index contributed by atoms with van der Waals surface area (Å²) in [7, 11) is 1.89. The number of aliphatic hydroxyl groups is 1. The maximum atomic E-state index is 12.9. The lowest BCUT2D eigenvalue weighted by Crippen LogP contribution is -2.57. The van der Waals surface area contributed by atoms with Crippen LogP contribution >= 0.6 is 0 Å². The number of hydrogen-bond acceptors (Lipinski definition) is 3. The summed E-state index contributed by atoms with van der Waals surface area (Å²) in [5, 5.41) is 10.6. The molecule has 1 saturated heterocycles. The number of amides is 1. The summed E-state index contributed by atoms with van der Waals surface area (Å²) in [6, 6.07) is 6.13. The summed E-state index contributed by atoms with van der Waals surface area (Å²) < 4.78 is 12.9. The molecular weight excluding hydrogens is 271 g/mol. The first-order valence-corrected chi connectivity index (χ1v) is 7.39. The third kappa shape index (κ3) is 3.80. The van der Waals surface area contributed by atoms with Crippen LogP contribution in [-0.2, 0) is 11.3 Å². The Morgan fingerprint density at radius 2 is 2.05 bits per heavy atom. The molecule has 0 radical (unpaired) electrons. The van der Waals surface area contributed by atoms with E-state index in [1.807, 2.05) is 18.9 Å². The van der Waals surface area contributed by atoms with Crippen molar-refractivity contribution in [3.05, 3.63) is 35.6 Å². The average Bonchev–Trinajstić information content (AvgIpc) is 2.46. The Morgan fingerprint density at radius 3 is 2.67 bits per heavy atom. The van der Waals surface area contributed by atoms with Crippen molar-refractivity contribution in [2.24, 2.45) is 0 Å². The zero-order valence-corrected chi connectivity index (χ0v) is 12.7. The lowest BCUT2D eigenvalue weighted by atomic mass is 9.91. The molecule has 0 bridgehead atoms. The molecular formula is C16H23FN2O2. The smallest absolute Gasteiger partial charge is 0.256 e. The summed E-state index contributed by atoms with van der Waals surface area (Å²) in [5.41, 5.74) is -0.430. The predicted octanol–water partition coefficient (Wildman–Crippen LogP) is 1.63. The van der Waals surface area contributed by atoms with E-state index in [4.69, 9.17) is 0 Å². The molecule has 0 saturated carbocycles. The van der Waals surface area contributed by atoms with Crippen LogP contribution in [0.3, 0.4) is 0 Å². The molecule has 1 atom stereocenters. The highest BCUT2D eigenvalue weighted by Gasteiger charge is 2.42. The molecule has 116 valence electrons. The van der Waals surface area contributed by atoms with Crippen LogP contribution in [0.5, 0.6) is 0 Å². The normalized spacial score (nSPS) is 22.9. The van der Waals surface area contributed by atoms with Crippen molar-refractivity contribution in [2.75, 3.05) is 26.7 Å². The molecule has 0 aliphatic carbocycles. The second-order valence-electron chi connectivity index (χ2n) is 5.82. The summed E-state index contributed by atoms with van der Waals surface area (Å²) in [5.74, 6) is -0.511. The number of nitrogens with zero attached hydrogens (tertiary/aromatic N) is 2. The summed E-state index contributed by atoms with van der Waals surface area (Å²) in [4.78, 5) is 16.2. The predicted molar refractivity (Wildman–Crippen MR) is 79.2 cm³/mol. The highest BCUT2D eigenvalue weighted by Crippen LogP contribution is 2.25. The van der Waals surface area contributed by atoms with Gasteiger partial charge in [0, 0.05) is 19.6 Å². The van der Waals surface area contributed by atoms with Gasteiger partial charge in [0.2, 0.25) is 0 Å². The molecule has 1 aliphatic heterocycles. The molecule has 21 heavy (non-hydrogen) atoms. The summed E-state index contributed by atoms with van der Waals surface area (Å²) in [6.45, 7) is 4.17. The number of likely N-dealkylation sites (N-methyl/N-ethyl adjacent to an activating group) is 1. The number of rotatable bonds is 5. The molecule has 4 nitrogen and oxygen atoms in total. The van der Waals surface area contributed by atoms with E-state index >= 15 is 0 Å². The maximum Gasteiger partial charge on any atom is 0.256 e. The first-order chi connectivity index (χ1) is 9.94. The number of piperidine rings is 1. The van der Waals surface area contributed by atoms with Crippen LogP contribution < -0.4 is 0 Å². The standard InChI is InChI=1S/C16H23FN2O2/c1-3-18(2)12-16(21)9-4-10-19(15(16)20)11-13-5-7-14(17)8-6-13/h5-8,21H,3-4,9-12H2,1-2H3. The van der Waals surface area contributed by atoms with E-state index in [0.717, 1.165) is 18.5 Å². The van der Waals surface area contributed by atoms with Crippen molar-refractivity contribution >= 4 is 5.91 Å². The minimum absolute atomic E-state index is 0.224. The zero-order valence-electron chi connectivity index (χ0n) is 12.7. The number of halogens is 1. The molecule has 0 spiro atoms. The van der Waals surface area contributed by atoms with Crippen molar-refractivity contribution in [1.82, 2.24) is 9.80 Å². The minimum Gasteiger partial charge on any atom is -0.379 e. The highest BCUT2D eigenvalue weighted by molar-refractivity contribution is 5.86. The van der Waals surface area contributed by atoms with Gasteiger partial charge in [0.05, 0.1) is 0 Å². The average molecular weight is 294 g/mol. The number of carbonyl (C=O) groups is 1. The highest BCUT2D eigenvalue weighted by atomic mass is 19.1. The third-order valence-electron chi connectivity index (χ3n) is 4.06. The van der Waals surface area contributed by atoms with E-state index in [2.05, 4.69) is 0 Å². The largest absolute Gasteiger partial charge is 0.379 e. The fourth-order valence-electron chi connectivity index (χ4n) is 2.73. The second kappa shape index (κ2) is 6.54. The van der Waals surface area contributed by atoms with Crippen molar-refractivity contribution in [1.29, 1.82) is 0 Å². The van der Waals surface area contributed by atoms with E-state index in [0.29, 0.717) is 26.1 Å². The van der Waals surface area contributed by atoms with Crippen LogP contribution in [0, 0.1) is 5.82 Å². The molecule has 1 N–H and O–H groups in total. The Morgan fingerprint density at radius 1 is 1.38 bits per heavy atom. The van der Waals surface area contributed by atoms with E-state index in [-0.39, 0.29) is 11.7 Å². The Balaban J connectivity index is 2.07. The molecule has 1 fully saturated rings. The van der Waals surface area contributed by atoms with Gasteiger partial charge in [-0.1, -0.05) is 19.1 Å². The second-order valence-corrected chi connectivity index (χ2v) is 5.82.